The van der Waals surface area contributed by atoms with Gasteiger partial charge < -0.3 is 19.6 Å². The Morgan fingerprint density at radius 3 is 2.79 bits per heavy atom. The van der Waals surface area contributed by atoms with E-state index in [1.807, 2.05) is 22.2 Å². The molecule has 4 heterocycles. The van der Waals surface area contributed by atoms with E-state index in [9.17, 15) is 4.79 Å². The first kappa shape index (κ1) is 23.9. The van der Waals surface area contributed by atoms with Gasteiger partial charge in [0.1, 0.15) is 17.7 Å². The molecule has 8 heteroatoms. The van der Waals surface area contributed by atoms with Crippen LogP contribution in [0.3, 0.4) is 0 Å². The van der Waals surface area contributed by atoms with Gasteiger partial charge in [0.25, 0.3) is 5.56 Å². The number of fused-ring (bicyclic) bond motifs is 1. The number of aromatic nitrogens is 5. The van der Waals surface area contributed by atoms with Gasteiger partial charge in [-0.3, -0.25) is 9.36 Å². The monoisotopic (exact) mass is 512 g/mol. The summed E-state index contributed by atoms with van der Waals surface area (Å²) in [6.45, 7) is 4.61. The minimum Gasteiger partial charge on any atom is -0.380 e. The van der Waals surface area contributed by atoms with Crippen molar-refractivity contribution in [1.29, 1.82) is 0 Å². The first-order valence-corrected chi connectivity index (χ1v) is 14.1. The van der Waals surface area contributed by atoms with E-state index in [4.69, 9.17) is 4.74 Å². The zero-order chi connectivity index (χ0) is 25.9. The van der Waals surface area contributed by atoms with Gasteiger partial charge in [-0.2, -0.15) is 0 Å². The Balaban J connectivity index is 1.27. The van der Waals surface area contributed by atoms with Crippen molar-refractivity contribution in [2.45, 2.75) is 69.4 Å². The van der Waals surface area contributed by atoms with E-state index in [-0.39, 0.29) is 11.0 Å². The molecule has 2 saturated carbocycles. The summed E-state index contributed by atoms with van der Waals surface area (Å²) < 4.78 is 9.51. The Hall–Kier alpha value is -3.23. The molecule has 1 aromatic carbocycles. The maximum Gasteiger partial charge on any atom is 0.279 e. The van der Waals surface area contributed by atoms with E-state index in [1.54, 1.807) is 6.33 Å². The third-order valence-electron chi connectivity index (χ3n) is 8.85. The predicted octanol–water partition coefficient (Wildman–Crippen LogP) is 4.31. The van der Waals surface area contributed by atoms with Gasteiger partial charge in [0.15, 0.2) is 0 Å². The summed E-state index contributed by atoms with van der Waals surface area (Å²) in [6.07, 6.45) is 10.5. The SMILES string of the molecule is CC1CC(c2cccc(-n3cc(C4CC4)c4cc(CNC5CCCOC5)[nH]c4c3=O)c2)(c2nncn2C)C1. The van der Waals surface area contributed by atoms with Crippen LogP contribution in [-0.2, 0) is 23.7 Å². The highest BCUT2D eigenvalue weighted by Crippen LogP contribution is 2.51. The first-order chi connectivity index (χ1) is 18.5. The van der Waals surface area contributed by atoms with Crippen molar-refractivity contribution in [3.05, 3.63) is 75.9 Å². The number of hydrogen-bond acceptors (Lipinski definition) is 5. The molecule has 0 radical (unpaired) electrons. The zero-order valence-corrected chi connectivity index (χ0v) is 22.2. The molecule has 7 rings (SSSR count). The van der Waals surface area contributed by atoms with E-state index >= 15 is 0 Å². The number of nitrogens with zero attached hydrogens (tertiary/aromatic N) is 4. The summed E-state index contributed by atoms with van der Waals surface area (Å²) in [5.74, 6) is 2.15. The summed E-state index contributed by atoms with van der Waals surface area (Å²) in [4.78, 5) is 17.4. The van der Waals surface area contributed by atoms with Gasteiger partial charge in [0.2, 0.25) is 0 Å². The Kier molecular flexibility index (Phi) is 5.78. The van der Waals surface area contributed by atoms with Crippen molar-refractivity contribution in [2.24, 2.45) is 13.0 Å². The highest BCUT2D eigenvalue weighted by atomic mass is 16.5. The van der Waals surface area contributed by atoms with E-state index in [2.05, 4.69) is 57.9 Å². The molecule has 4 aromatic rings. The average Bonchev–Trinajstić information content (AvgIpc) is 3.52. The fraction of sp³-hybridized carbons (Fsp3) is 0.500. The number of ether oxygens (including phenoxy) is 1. The Morgan fingerprint density at radius 2 is 2.08 bits per heavy atom. The molecule has 1 aliphatic heterocycles. The predicted molar refractivity (Wildman–Crippen MR) is 147 cm³/mol. The molecule has 198 valence electrons. The van der Waals surface area contributed by atoms with Crippen molar-refractivity contribution in [3.63, 3.8) is 0 Å². The number of aromatic amines is 1. The molecular weight excluding hydrogens is 476 g/mol. The Morgan fingerprint density at radius 1 is 1.21 bits per heavy atom. The van der Waals surface area contributed by atoms with Crippen LogP contribution >= 0.6 is 0 Å². The van der Waals surface area contributed by atoms with Crippen molar-refractivity contribution < 1.29 is 4.74 Å². The number of hydrogen-bond donors (Lipinski definition) is 2. The standard InChI is InChI=1S/C30H36N6O2/c1-19-13-30(14-19,29-34-32-18-35(29)2)21-5-3-7-24(11-21)36-16-26(20-8-9-20)25-12-23(33-27(25)28(36)37)15-31-22-6-4-10-38-17-22/h3,5,7,11-12,16,18-20,22,31,33H,4,6,8-10,13-15,17H2,1-2H3. The van der Waals surface area contributed by atoms with Crippen molar-refractivity contribution in [2.75, 3.05) is 13.2 Å². The van der Waals surface area contributed by atoms with Crippen LogP contribution in [0.4, 0.5) is 0 Å². The van der Waals surface area contributed by atoms with Crippen LogP contribution in [0, 0.1) is 5.92 Å². The lowest BCUT2D eigenvalue weighted by Crippen LogP contribution is -2.43. The van der Waals surface area contributed by atoms with Gasteiger partial charge in [-0.25, -0.2) is 0 Å². The van der Waals surface area contributed by atoms with E-state index in [1.165, 1.54) is 24.0 Å². The summed E-state index contributed by atoms with van der Waals surface area (Å²) in [7, 11) is 2.02. The lowest BCUT2D eigenvalue weighted by atomic mass is 9.58. The van der Waals surface area contributed by atoms with Crippen molar-refractivity contribution in [1.82, 2.24) is 29.6 Å². The number of rotatable bonds is 7. The molecular formula is C30H36N6O2. The second kappa shape index (κ2) is 9.20. The highest BCUT2D eigenvalue weighted by molar-refractivity contribution is 5.84. The molecule has 3 aliphatic rings. The molecule has 38 heavy (non-hydrogen) atoms. The van der Waals surface area contributed by atoms with Gasteiger partial charge in [-0.05, 0) is 79.7 Å². The minimum atomic E-state index is -0.165. The van der Waals surface area contributed by atoms with Gasteiger partial charge in [0.05, 0.1) is 12.0 Å². The quantitative estimate of drug-likeness (QED) is 0.385. The molecule has 2 aliphatic carbocycles. The smallest absolute Gasteiger partial charge is 0.279 e. The van der Waals surface area contributed by atoms with E-state index in [0.29, 0.717) is 29.9 Å². The minimum absolute atomic E-state index is 0.00323. The second-order valence-corrected chi connectivity index (χ2v) is 11.8. The van der Waals surface area contributed by atoms with Gasteiger partial charge in [0, 0.05) is 49.2 Å². The fourth-order valence-electron chi connectivity index (χ4n) is 6.80. The molecule has 2 N–H and O–H groups in total. The van der Waals surface area contributed by atoms with Crippen LogP contribution in [0.1, 0.15) is 74.0 Å². The Labute approximate surface area is 222 Å². The summed E-state index contributed by atoms with van der Waals surface area (Å²) in [5.41, 5.74) is 4.98. The number of nitrogens with one attached hydrogen (secondary N) is 2. The van der Waals surface area contributed by atoms with Crippen LogP contribution in [-0.4, -0.2) is 43.6 Å². The molecule has 8 nitrogen and oxygen atoms in total. The Bertz CT molecular complexity index is 1530. The molecule has 3 fully saturated rings. The summed E-state index contributed by atoms with van der Waals surface area (Å²) >= 11 is 0. The van der Waals surface area contributed by atoms with Crippen molar-refractivity contribution in [3.8, 4) is 5.69 Å². The topological polar surface area (TPSA) is 89.8 Å². The zero-order valence-electron chi connectivity index (χ0n) is 22.2. The van der Waals surface area contributed by atoms with Gasteiger partial charge in [-0.1, -0.05) is 19.1 Å². The van der Waals surface area contributed by atoms with Crippen LogP contribution in [0.5, 0.6) is 0 Å². The number of aryl methyl sites for hydroxylation is 1. The first-order valence-electron chi connectivity index (χ1n) is 14.1. The van der Waals surface area contributed by atoms with Crippen molar-refractivity contribution >= 4 is 10.9 Å². The molecule has 0 amide bonds. The van der Waals surface area contributed by atoms with E-state index in [0.717, 1.165) is 61.5 Å². The van der Waals surface area contributed by atoms with Crippen LogP contribution in [0.25, 0.3) is 16.6 Å². The lowest BCUT2D eigenvalue weighted by molar-refractivity contribution is 0.0698. The van der Waals surface area contributed by atoms with Gasteiger partial charge in [-0.15, -0.1) is 10.2 Å². The van der Waals surface area contributed by atoms with Crippen LogP contribution in [0.15, 0.2) is 47.7 Å². The largest absolute Gasteiger partial charge is 0.380 e. The third kappa shape index (κ3) is 4.01. The summed E-state index contributed by atoms with van der Waals surface area (Å²) in [5, 5.41) is 13.4. The number of benzene rings is 1. The molecule has 3 aromatic heterocycles. The normalized spacial score (nSPS) is 25.5. The second-order valence-electron chi connectivity index (χ2n) is 11.8. The van der Waals surface area contributed by atoms with E-state index < -0.39 is 0 Å². The fourth-order valence-corrected chi connectivity index (χ4v) is 6.80. The highest BCUT2D eigenvalue weighted by Gasteiger charge is 2.48. The summed E-state index contributed by atoms with van der Waals surface area (Å²) in [6, 6.07) is 11.1. The molecule has 1 saturated heterocycles. The van der Waals surface area contributed by atoms with Gasteiger partial charge >= 0.3 is 0 Å². The number of H-pyrrole nitrogens is 1. The molecule has 0 bridgehead atoms. The third-order valence-corrected chi connectivity index (χ3v) is 8.85. The molecule has 0 spiro atoms. The maximum atomic E-state index is 13.9. The molecule has 1 unspecified atom stereocenters. The number of pyridine rings is 1. The maximum absolute atomic E-state index is 13.9. The average molecular weight is 513 g/mol. The van der Waals surface area contributed by atoms with Crippen LogP contribution in [0.2, 0.25) is 0 Å². The lowest BCUT2D eigenvalue weighted by Gasteiger charge is -2.46. The van der Waals surface area contributed by atoms with Crippen LogP contribution < -0.4 is 10.9 Å². The molecule has 1 atom stereocenters.